The number of aromatic nitrogens is 4. The maximum Gasteiger partial charge on any atom is 0.459 e. The van der Waals surface area contributed by atoms with Gasteiger partial charge >= 0.3 is 18.3 Å². The zero-order chi connectivity index (χ0) is 25.2. The molecule has 0 aliphatic heterocycles. The molecule has 1 aliphatic rings. The Morgan fingerprint density at radius 1 is 1.15 bits per heavy atom. The maximum atomic E-state index is 13.9. The molecule has 34 heavy (non-hydrogen) atoms. The van der Waals surface area contributed by atoms with E-state index in [2.05, 4.69) is 10.2 Å². The number of carbonyl (C=O) groups excluding carboxylic acids is 1. The van der Waals surface area contributed by atoms with Gasteiger partial charge in [-0.05, 0) is 31.7 Å². The highest BCUT2D eigenvalue weighted by Crippen LogP contribution is 2.49. The Labute approximate surface area is 191 Å². The van der Waals surface area contributed by atoms with Crippen molar-refractivity contribution < 1.29 is 39.9 Å². The molecule has 0 unspecified atom stereocenters. The highest BCUT2D eigenvalue weighted by atomic mass is 32.1. The van der Waals surface area contributed by atoms with Crippen LogP contribution < -0.4 is 0 Å². The molecule has 184 valence electrons. The number of thiophene rings is 1. The molecular weight excluding hydrogens is 496 g/mol. The summed E-state index contributed by atoms with van der Waals surface area (Å²) < 4.78 is 108. The number of ketones is 1. The maximum absolute atomic E-state index is 13.9. The molecule has 0 radical (unpaired) electrons. The summed E-state index contributed by atoms with van der Waals surface area (Å²) in [6.07, 6.45) is -7.31. The van der Waals surface area contributed by atoms with E-state index in [-0.39, 0.29) is 16.0 Å². The van der Waals surface area contributed by atoms with E-state index in [0.29, 0.717) is 32.3 Å². The molecule has 1 saturated carbocycles. The van der Waals surface area contributed by atoms with Crippen molar-refractivity contribution in [1.82, 2.24) is 19.6 Å². The average molecular weight is 512 g/mol. The summed E-state index contributed by atoms with van der Waals surface area (Å²) in [5, 5.41) is 6.62. The van der Waals surface area contributed by atoms with Crippen LogP contribution in [0.2, 0.25) is 0 Å². The van der Waals surface area contributed by atoms with E-state index < -0.39 is 35.4 Å². The molecule has 3 heterocycles. The van der Waals surface area contributed by atoms with Gasteiger partial charge in [-0.25, -0.2) is 9.36 Å². The molecule has 14 heteroatoms. The van der Waals surface area contributed by atoms with Crippen LogP contribution in [-0.2, 0) is 19.1 Å². The van der Waals surface area contributed by atoms with Crippen molar-refractivity contribution >= 4 is 17.1 Å². The minimum atomic E-state index is -6.29. The van der Waals surface area contributed by atoms with E-state index in [4.69, 9.17) is 0 Å². The molecule has 1 fully saturated rings. The number of aryl methyl sites for hydroxylation is 2. The minimum absolute atomic E-state index is 0.0556. The highest BCUT2D eigenvalue weighted by Gasteiger charge is 2.64. The molecular formula is C20H16F8N4OS. The van der Waals surface area contributed by atoms with Gasteiger partial charge in [-0.1, -0.05) is 0 Å². The number of halogens is 8. The molecule has 4 rings (SSSR count). The van der Waals surface area contributed by atoms with Gasteiger partial charge in [0.1, 0.15) is 5.56 Å². The first-order valence-electron chi connectivity index (χ1n) is 9.89. The summed E-state index contributed by atoms with van der Waals surface area (Å²) >= 11 is 1.19. The lowest BCUT2D eigenvalue weighted by Crippen LogP contribution is -2.36. The van der Waals surface area contributed by atoms with E-state index >= 15 is 0 Å². The second-order valence-electron chi connectivity index (χ2n) is 8.07. The van der Waals surface area contributed by atoms with Gasteiger partial charge in [0.15, 0.2) is 17.3 Å². The molecule has 0 saturated heterocycles. The Morgan fingerprint density at radius 2 is 1.79 bits per heavy atom. The van der Waals surface area contributed by atoms with Crippen molar-refractivity contribution in [2.75, 3.05) is 0 Å². The second-order valence-corrected chi connectivity index (χ2v) is 9.32. The highest BCUT2D eigenvalue weighted by molar-refractivity contribution is 7.15. The van der Waals surface area contributed by atoms with Gasteiger partial charge in [0, 0.05) is 40.5 Å². The lowest BCUT2D eigenvalue weighted by Gasteiger charge is -2.19. The van der Waals surface area contributed by atoms with Crippen LogP contribution in [0.1, 0.15) is 45.8 Å². The van der Waals surface area contributed by atoms with Crippen LogP contribution in [0.5, 0.6) is 0 Å². The van der Waals surface area contributed by atoms with Crippen LogP contribution in [0.4, 0.5) is 35.1 Å². The Kier molecular flexibility index (Phi) is 5.65. The molecule has 0 bridgehead atoms. The van der Waals surface area contributed by atoms with Gasteiger partial charge < -0.3 is 0 Å². The Bertz CT molecular complexity index is 1250. The van der Waals surface area contributed by atoms with E-state index in [1.807, 2.05) is 0 Å². The molecule has 5 nitrogen and oxygen atoms in total. The first kappa shape index (κ1) is 24.4. The predicted octanol–water partition coefficient (Wildman–Crippen LogP) is 6.30. The summed E-state index contributed by atoms with van der Waals surface area (Å²) in [7, 11) is 0.811. The van der Waals surface area contributed by atoms with Crippen LogP contribution in [-0.4, -0.2) is 31.5 Å². The summed E-state index contributed by atoms with van der Waals surface area (Å²) in [5.41, 5.74) is -3.96. The van der Waals surface area contributed by atoms with E-state index in [1.54, 1.807) is 13.0 Å². The fraction of sp³-hybridized carbons (Fsp3) is 0.450. The number of carbonyl (C=O) groups is 1. The number of alkyl halides is 8. The van der Waals surface area contributed by atoms with Crippen molar-refractivity contribution in [2.24, 2.45) is 13.0 Å². The molecule has 1 aliphatic carbocycles. The lowest BCUT2D eigenvalue weighted by atomic mass is 10.1. The van der Waals surface area contributed by atoms with E-state index in [1.165, 1.54) is 11.3 Å². The SMILES string of the molecule is Cc1sc(-c2cnn(-c3c(C(F)(F)F)c(C(F)(F)C(F)(F)F)nn3C)c2)cc1C(=O)CC1CC1. The van der Waals surface area contributed by atoms with Crippen LogP contribution >= 0.6 is 11.3 Å². The fourth-order valence-corrected chi connectivity index (χ4v) is 4.57. The molecule has 0 N–H and O–H groups in total. The topological polar surface area (TPSA) is 52.7 Å². The minimum Gasteiger partial charge on any atom is -0.294 e. The summed E-state index contributed by atoms with van der Waals surface area (Å²) in [5.74, 6) is -6.64. The molecule has 0 amide bonds. The zero-order valence-electron chi connectivity index (χ0n) is 17.6. The normalized spacial score (nSPS) is 15.2. The number of rotatable bonds is 6. The average Bonchev–Trinajstić information content (AvgIpc) is 3.10. The van der Waals surface area contributed by atoms with Crippen LogP contribution in [0.15, 0.2) is 18.5 Å². The molecule has 0 atom stereocenters. The van der Waals surface area contributed by atoms with Gasteiger partial charge in [0.25, 0.3) is 0 Å². The van der Waals surface area contributed by atoms with Crippen LogP contribution in [0.3, 0.4) is 0 Å². The van der Waals surface area contributed by atoms with E-state index in [0.717, 1.165) is 32.3 Å². The van der Waals surface area contributed by atoms with Crippen molar-refractivity contribution in [3.05, 3.63) is 40.2 Å². The molecule has 0 spiro atoms. The first-order chi connectivity index (χ1) is 15.6. The molecule has 0 aromatic carbocycles. The third-order valence-electron chi connectivity index (χ3n) is 5.43. The third-order valence-corrected chi connectivity index (χ3v) is 6.53. The largest absolute Gasteiger partial charge is 0.459 e. The second kappa shape index (κ2) is 7.89. The van der Waals surface area contributed by atoms with Gasteiger partial charge in [-0.15, -0.1) is 11.3 Å². The molecule has 3 aromatic rings. The summed E-state index contributed by atoms with van der Waals surface area (Å²) in [6.45, 7) is 1.72. The number of hydrogen-bond donors (Lipinski definition) is 0. The number of nitrogens with zero attached hydrogens (tertiary/aromatic N) is 4. The zero-order valence-corrected chi connectivity index (χ0v) is 18.4. The Hall–Kier alpha value is -2.77. The smallest absolute Gasteiger partial charge is 0.294 e. The van der Waals surface area contributed by atoms with Crippen molar-refractivity contribution in [3.63, 3.8) is 0 Å². The summed E-state index contributed by atoms with van der Waals surface area (Å²) in [6, 6.07) is 1.57. The third kappa shape index (κ3) is 4.23. The Morgan fingerprint density at radius 3 is 2.35 bits per heavy atom. The van der Waals surface area contributed by atoms with Gasteiger partial charge in [0.2, 0.25) is 0 Å². The van der Waals surface area contributed by atoms with E-state index in [9.17, 15) is 39.9 Å². The van der Waals surface area contributed by atoms with Gasteiger partial charge in [0.05, 0.1) is 6.20 Å². The van der Waals surface area contributed by atoms with Crippen molar-refractivity contribution in [1.29, 1.82) is 0 Å². The monoisotopic (exact) mass is 512 g/mol. The predicted molar refractivity (Wildman–Crippen MR) is 105 cm³/mol. The molecule has 3 aromatic heterocycles. The lowest BCUT2D eigenvalue weighted by molar-refractivity contribution is -0.292. The first-order valence-corrected chi connectivity index (χ1v) is 10.7. The van der Waals surface area contributed by atoms with Crippen LogP contribution in [0.25, 0.3) is 16.3 Å². The fourth-order valence-electron chi connectivity index (χ4n) is 3.55. The van der Waals surface area contributed by atoms with Crippen molar-refractivity contribution in [2.45, 2.75) is 44.5 Å². The van der Waals surface area contributed by atoms with Crippen molar-refractivity contribution in [3.8, 4) is 16.3 Å². The number of hydrogen-bond acceptors (Lipinski definition) is 4. The Balaban J connectivity index is 1.77. The van der Waals surface area contributed by atoms with Gasteiger partial charge in [-0.3, -0.25) is 4.79 Å². The summed E-state index contributed by atoms with van der Waals surface area (Å²) in [4.78, 5) is 13.6. The number of Topliss-reactive ketones (excluding diaryl/α,β-unsaturated/α-hetero) is 1. The van der Waals surface area contributed by atoms with Crippen LogP contribution in [0, 0.1) is 12.8 Å². The van der Waals surface area contributed by atoms with Gasteiger partial charge in [-0.2, -0.15) is 45.3 Å². The quantitative estimate of drug-likeness (QED) is 0.288. The standard InChI is InChI=1S/C20H16F8N4OS/c1-9-12(13(33)5-10-3-4-10)6-14(34-9)11-7-29-32(8-11)17-15(19(23,24)25)16(30-31(17)2)18(21,22)20(26,27)28/h6-8,10H,3-5H2,1-2H3.